The molecule has 39 heavy (non-hydrogen) atoms. The Balaban J connectivity index is 1.93. The Morgan fingerprint density at radius 2 is 1.51 bits per heavy atom. The number of alkyl halides is 6. The summed E-state index contributed by atoms with van der Waals surface area (Å²) in [5.41, 5.74) is 1.69. The molecule has 0 radical (unpaired) electrons. The summed E-state index contributed by atoms with van der Waals surface area (Å²) >= 11 is 0. The average molecular weight is 557 g/mol. The summed E-state index contributed by atoms with van der Waals surface area (Å²) in [6.07, 6.45) is -16.3. The number of carbonyl (C=O) groups is 3. The number of hydrogen-bond acceptors (Lipinski definition) is 4. The van der Waals surface area contributed by atoms with Gasteiger partial charge in [0.25, 0.3) is 5.91 Å². The van der Waals surface area contributed by atoms with Crippen LogP contribution >= 0.6 is 0 Å². The van der Waals surface area contributed by atoms with E-state index < -0.39 is 80.2 Å². The molecule has 2 aromatic rings. The van der Waals surface area contributed by atoms with Crippen molar-refractivity contribution in [2.45, 2.75) is 50.6 Å². The molecule has 2 aromatic carbocycles. The molecule has 1 aliphatic rings. The number of nitrogens with zero attached hydrogens (tertiary/aromatic N) is 1. The molecule has 0 fully saturated rings. The summed E-state index contributed by atoms with van der Waals surface area (Å²) in [7, 11) is 0. The maximum atomic E-state index is 13.2. The normalized spacial score (nSPS) is 17.2. The maximum Gasteiger partial charge on any atom is 0.389 e. The van der Waals surface area contributed by atoms with Crippen LogP contribution in [-0.2, 0) is 14.4 Å². The molecule has 3 atom stereocenters. The van der Waals surface area contributed by atoms with Gasteiger partial charge in [-0.05, 0) is 25.3 Å². The number of hydrogen-bond donors (Lipinski definition) is 3. The molecule has 2 amide bonds. The van der Waals surface area contributed by atoms with Crippen molar-refractivity contribution in [1.82, 2.24) is 5.32 Å². The van der Waals surface area contributed by atoms with Crippen molar-refractivity contribution in [2.75, 3.05) is 5.32 Å². The highest BCUT2D eigenvalue weighted by Crippen LogP contribution is 2.32. The van der Waals surface area contributed by atoms with Crippen molar-refractivity contribution >= 4 is 29.2 Å². The second kappa shape index (κ2) is 12.3. The summed E-state index contributed by atoms with van der Waals surface area (Å²) in [6.45, 7) is 0. The van der Waals surface area contributed by atoms with Crippen LogP contribution < -0.4 is 10.6 Å². The van der Waals surface area contributed by atoms with Gasteiger partial charge in [0.15, 0.2) is 0 Å². The van der Waals surface area contributed by atoms with E-state index in [0.717, 1.165) is 0 Å². The molecule has 3 N–H and O–H groups in total. The first-order chi connectivity index (χ1) is 18.2. The fourth-order valence-corrected chi connectivity index (χ4v) is 4.28. The van der Waals surface area contributed by atoms with E-state index >= 15 is 0 Å². The van der Waals surface area contributed by atoms with E-state index in [4.69, 9.17) is 0 Å². The van der Waals surface area contributed by atoms with E-state index in [2.05, 4.69) is 15.6 Å². The van der Waals surface area contributed by atoms with Crippen LogP contribution in [0.15, 0.2) is 59.6 Å². The van der Waals surface area contributed by atoms with E-state index in [-0.39, 0.29) is 5.71 Å². The minimum Gasteiger partial charge on any atom is -0.481 e. The largest absolute Gasteiger partial charge is 0.481 e. The lowest BCUT2D eigenvalue weighted by Crippen LogP contribution is -2.47. The monoisotopic (exact) mass is 557 g/mol. The molecular formula is C26H25F6N3O4. The first-order valence-electron chi connectivity index (χ1n) is 12.0. The number of anilines is 1. The van der Waals surface area contributed by atoms with Crippen molar-refractivity contribution in [3.8, 4) is 0 Å². The number of benzodiazepines with no additional fused rings is 1. The van der Waals surface area contributed by atoms with Crippen molar-refractivity contribution in [3.05, 3.63) is 65.7 Å². The highest BCUT2D eigenvalue weighted by molar-refractivity contribution is 6.19. The van der Waals surface area contributed by atoms with Crippen molar-refractivity contribution in [2.24, 2.45) is 16.8 Å². The summed E-state index contributed by atoms with van der Waals surface area (Å²) in [6, 6.07) is 15.1. The minimum absolute atomic E-state index is 0.279. The molecule has 210 valence electrons. The van der Waals surface area contributed by atoms with E-state index in [1.807, 2.05) is 0 Å². The van der Waals surface area contributed by atoms with Crippen LogP contribution in [-0.4, -0.2) is 47.1 Å². The van der Waals surface area contributed by atoms with Gasteiger partial charge in [0, 0.05) is 24.0 Å². The highest BCUT2D eigenvalue weighted by Gasteiger charge is 2.40. The van der Waals surface area contributed by atoms with Crippen LogP contribution in [0.25, 0.3) is 0 Å². The molecule has 0 unspecified atom stereocenters. The van der Waals surface area contributed by atoms with Crippen molar-refractivity contribution in [3.63, 3.8) is 0 Å². The Labute approximate surface area is 219 Å². The number of halogens is 6. The predicted molar refractivity (Wildman–Crippen MR) is 129 cm³/mol. The van der Waals surface area contributed by atoms with E-state index in [9.17, 15) is 45.8 Å². The van der Waals surface area contributed by atoms with Crippen LogP contribution in [0.3, 0.4) is 0 Å². The molecule has 0 saturated heterocycles. The van der Waals surface area contributed by atoms with Crippen LogP contribution in [0.5, 0.6) is 0 Å². The molecule has 0 spiro atoms. The standard InChI is InChI=1S/C26H25F6N3O4/c27-25(28,29)13-6-10-17(24(38)39)16(12-14-26(30,31)32)22(36)35-21-23(37)33-19-11-5-4-9-18(19)20(34-21)15-7-2-1-3-8-15/h1-5,7-9,11,16-17,21H,6,10,12-14H2,(H,33,37)(H,35,36)(H,38,39)/t16-,17+,21-/m1/s1. The minimum atomic E-state index is -4.76. The predicted octanol–water partition coefficient (Wildman–Crippen LogP) is 5.31. The zero-order valence-electron chi connectivity index (χ0n) is 20.4. The smallest absolute Gasteiger partial charge is 0.389 e. The molecular weight excluding hydrogens is 532 g/mol. The lowest BCUT2D eigenvalue weighted by atomic mass is 9.83. The van der Waals surface area contributed by atoms with Gasteiger partial charge in [-0.3, -0.25) is 14.4 Å². The van der Waals surface area contributed by atoms with E-state index in [1.165, 1.54) is 0 Å². The van der Waals surface area contributed by atoms with Gasteiger partial charge in [0.1, 0.15) is 0 Å². The van der Waals surface area contributed by atoms with Crippen molar-refractivity contribution in [1.29, 1.82) is 0 Å². The number of aliphatic carboxylic acids is 1. The lowest BCUT2D eigenvalue weighted by Gasteiger charge is -2.25. The van der Waals surface area contributed by atoms with Gasteiger partial charge >= 0.3 is 18.3 Å². The Morgan fingerprint density at radius 3 is 2.13 bits per heavy atom. The molecule has 3 rings (SSSR count). The fourth-order valence-electron chi connectivity index (χ4n) is 4.28. The zero-order chi connectivity index (χ0) is 28.8. The quantitative estimate of drug-likeness (QED) is 0.344. The summed E-state index contributed by atoms with van der Waals surface area (Å²) in [5.74, 6) is -7.50. The summed E-state index contributed by atoms with van der Waals surface area (Å²) < 4.78 is 76.9. The van der Waals surface area contributed by atoms with Crippen molar-refractivity contribution < 1.29 is 45.8 Å². The number of aliphatic imine (C=N–C) groups is 1. The topological polar surface area (TPSA) is 108 Å². The van der Waals surface area contributed by atoms with Crippen LogP contribution in [0.2, 0.25) is 0 Å². The van der Waals surface area contributed by atoms with E-state index in [1.54, 1.807) is 54.6 Å². The maximum absolute atomic E-state index is 13.2. The number of benzene rings is 2. The Hall–Kier alpha value is -3.90. The third-order valence-corrected chi connectivity index (χ3v) is 6.13. The van der Waals surface area contributed by atoms with Gasteiger partial charge in [-0.2, -0.15) is 26.3 Å². The second-order valence-electron chi connectivity index (χ2n) is 9.00. The Bertz CT molecular complexity index is 1210. The third kappa shape index (κ3) is 8.55. The number of carboxylic acid groups (broad SMARTS) is 1. The SMILES string of the molecule is O=C1Nc2ccccc2C(c2ccccc2)=N[C@@H]1NC(=O)[C@H](CCC(F)(F)F)[C@H](CCCC(F)(F)F)C(=O)O. The molecule has 0 aliphatic carbocycles. The van der Waals surface area contributed by atoms with Crippen LogP contribution in [0.1, 0.15) is 43.2 Å². The van der Waals surface area contributed by atoms with Crippen LogP contribution in [0.4, 0.5) is 32.0 Å². The molecule has 13 heteroatoms. The summed E-state index contributed by atoms with van der Waals surface area (Å²) in [5, 5.41) is 14.4. The van der Waals surface area contributed by atoms with Gasteiger partial charge in [-0.15, -0.1) is 0 Å². The first kappa shape index (κ1) is 29.7. The van der Waals surface area contributed by atoms with Gasteiger partial charge in [0.05, 0.1) is 23.2 Å². The number of rotatable bonds is 10. The number of para-hydroxylation sites is 1. The Kier molecular flexibility index (Phi) is 9.36. The fraction of sp³-hybridized carbons (Fsp3) is 0.385. The number of carboxylic acids is 1. The number of nitrogens with one attached hydrogen (secondary N) is 2. The summed E-state index contributed by atoms with van der Waals surface area (Å²) in [4.78, 5) is 42.4. The zero-order valence-corrected chi connectivity index (χ0v) is 20.4. The van der Waals surface area contributed by atoms with Gasteiger partial charge in [-0.1, -0.05) is 48.5 Å². The van der Waals surface area contributed by atoms with Gasteiger partial charge in [-0.25, -0.2) is 4.99 Å². The van der Waals surface area contributed by atoms with Crippen LogP contribution in [0, 0.1) is 11.8 Å². The van der Waals surface area contributed by atoms with Gasteiger partial charge < -0.3 is 15.7 Å². The molecule has 1 heterocycles. The molecule has 0 bridgehead atoms. The molecule has 7 nitrogen and oxygen atoms in total. The van der Waals surface area contributed by atoms with E-state index in [0.29, 0.717) is 16.8 Å². The molecule has 0 saturated carbocycles. The number of fused-ring (bicyclic) bond motifs is 1. The highest BCUT2D eigenvalue weighted by atomic mass is 19.4. The number of carbonyl (C=O) groups excluding carboxylic acids is 2. The molecule has 0 aromatic heterocycles. The van der Waals surface area contributed by atoms with Gasteiger partial charge in [0.2, 0.25) is 12.1 Å². The number of amides is 2. The lowest BCUT2D eigenvalue weighted by molar-refractivity contribution is -0.155. The first-order valence-corrected chi connectivity index (χ1v) is 12.0. The Morgan fingerprint density at radius 1 is 0.897 bits per heavy atom. The average Bonchev–Trinajstić information content (AvgIpc) is 2.98. The molecule has 1 aliphatic heterocycles. The third-order valence-electron chi connectivity index (χ3n) is 6.13. The second-order valence-corrected chi connectivity index (χ2v) is 9.00.